The Morgan fingerprint density at radius 2 is 2.44 bits per heavy atom. The number of ether oxygens (including phenoxy) is 1. The van der Waals surface area contributed by atoms with Gasteiger partial charge in [0, 0.05) is 27.9 Å². The van der Waals surface area contributed by atoms with E-state index in [4.69, 9.17) is 4.74 Å². The van der Waals surface area contributed by atoms with Crippen LogP contribution in [0.3, 0.4) is 0 Å². The molecular formula is C11H8N2O2S. The minimum absolute atomic E-state index is 0.301. The van der Waals surface area contributed by atoms with E-state index in [0.29, 0.717) is 4.88 Å². The van der Waals surface area contributed by atoms with Gasteiger partial charge in [-0.25, -0.2) is 9.78 Å². The van der Waals surface area contributed by atoms with E-state index < -0.39 is 0 Å². The topological polar surface area (TPSA) is 55.0 Å². The maximum atomic E-state index is 11.4. The second kappa shape index (κ2) is 3.31. The van der Waals surface area contributed by atoms with Crippen LogP contribution in [0.15, 0.2) is 24.5 Å². The Labute approximate surface area is 94.9 Å². The van der Waals surface area contributed by atoms with Gasteiger partial charge in [0.15, 0.2) is 0 Å². The average Bonchev–Trinajstić information content (AvgIpc) is 2.92. The van der Waals surface area contributed by atoms with Crippen molar-refractivity contribution in [3.05, 3.63) is 29.4 Å². The molecule has 16 heavy (non-hydrogen) atoms. The first-order valence-corrected chi connectivity index (χ1v) is 5.55. The number of aromatic amines is 1. The van der Waals surface area contributed by atoms with Crippen molar-refractivity contribution < 1.29 is 9.53 Å². The SMILES string of the molecule is COC(=O)c1cc2cnc3[nH]ccc3c2s1. The van der Waals surface area contributed by atoms with Crippen molar-refractivity contribution >= 4 is 38.4 Å². The highest BCUT2D eigenvalue weighted by Crippen LogP contribution is 2.31. The van der Waals surface area contributed by atoms with Gasteiger partial charge in [0.05, 0.1) is 7.11 Å². The first kappa shape index (κ1) is 9.35. The van der Waals surface area contributed by atoms with Crippen LogP contribution in [0.4, 0.5) is 0 Å². The van der Waals surface area contributed by atoms with Crippen LogP contribution in [0.1, 0.15) is 9.67 Å². The van der Waals surface area contributed by atoms with Crippen molar-refractivity contribution in [2.24, 2.45) is 0 Å². The number of aromatic nitrogens is 2. The van der Waals surface area contributed by atoms with Crippen LogP contribution in [0.2, 0.25) is 0 Å². The van der Waals surface area contributed by atoms with Crippen LogP contribution >= 0.6 is 11.3 Å². The molecule has 0 radical (unpaired) electrons. The Balaban J connectivity index is 2.34. The summed E-state index contributed by atoms with van der Waals surface area (Å²) in [5, 5.41) is 2.01. The predicted molar refractivity (Wildman–Crippen MR) is 62.8 cm³/mol. The molecule has 3 aromatic heterocycles. The number of carbonyl (C=O) groups is 1. The summed E-state index contributed by atoms with van der Waals surface area (Å²) in [4.78, 5) is 19.3. The summed E-state index contributed by atoms with van der Waals surface area (Å²) in [6.45, 7) is 0. The lowest BCUT2D eigenvalue weighted by atomic mass is 10.2. The number of hydrogen-bond acceptors (Lipinski definition) is 4. The van der Waals surface area contributed by atoms with Gasteiger partial charge in [-0.3, -0.25) is 0 Å². The fourth-order valence-electron chi connectivity index (χ4n) is 1.70. The fourth-order valence-corrected chi connectivity index (χ4v) is 2.77. The monoisotopic (exact) mass is 232 g/mol. The minimum Gasteiger partial charge on any atom is -0.465 e. The van der Waals surface area contributed by atoms with Crippen LogP contribution in [0.5, 0.6) is 0 Å². The average molecular weight is 232 g/mol. The summed E-state index contributed by atoms with van der Waals surface area (Å²) >= 11 is 1.43. The van der Waals surface area contributed by atoms with E-state index in [0.717, 1.165) is 21.1 Å². The standard InChI is InChI=1S/C11H8N2O2S/c1-15-11(14)8-4-6-5-13-10-7(2-3-12-10)9(6)16-8/h2-5H,1H3,(H,12,13). The van der Waals surface area contributed by atoms with E-state index in [9.17, 15) is 4.79 Å². The molecule has 0 spiro atoms. The van der Waals surface area contributed by atoms with Gasteiger partial charge in [-0.1, -0.05) is 0 Å². The fraction of sp³-hybridized carbons (Fsp3) is 0.0909. The molecule has 0 bridgehead atoms. The smallest absolute Gasteiger partial charge is 0.348 e. The number of esters is 1. The van der Waals surface area contributed by atoms with Gasteiger partial charge < -0.3 is 9.72 Å². The second-order valence-corrected chi connectivity index (χ2v) is 4.44. The molecule has 0 aliphatic carbocycles. The van der Waals surface area contributed by atoms with Crippen LogP contribution in [0, 0.1) is 0 Å². The number of H-pyrrole nitrogens is 1. The summed E-state index contributed by atoms with van der Waals surface area (Å²) in [6.07, 6.45) is 3.60. The van der Waals surface area contributed by atoms with Gasteiger partial charge in [0.1, 0.15) is 10.5 Å². The van der Waals surface area contributed by atoms with Crippen molar-refractivity contribution in [1.82, 2.24) is 9.97 Å². The third kappa shape index (κ3) is 1.22. The lowest BCUT2D eigenvalue weighted by Crippen LogP contribution is -1.96. The van der Waals surface area contributed by atoms with Gasteiger partial charge >= 0.3 is 5.97 Å². The van der Waals surface area contributed by atoms with Crippen LogP contribution in [0.25, 0.3) is 21.1 Å². The summed E-state index contributed by atoms with van der Waals surface area (Å²) in [7, 11) is 1.39. The highest BCUT2D eigenvalue weighted by Gasteiger charge is 2.12. The molecule has 0 aliphatic heterocycles. The third-order valence-electron chi connectivity index (χ3n) is 2.45. The number of nitrogens with zero attached hydrogens (tertiary/aromatic N) is 1. The van der Waals surface area contributed by atoms with E-state index in [-0.39, 0.29) is 5.97 Å². The van der Waals surface area contributed by atoms with Crippen molar-refractivity contribution in [2.75, 3.05) is 7.11 Å². The summed E-state index contributed by atoms with van der Waals surface area (Å²) in [6, 6.07) is 3.77. The number of fused-ring (bicyclic) bond motifs is 3. The molecule has 0 saturated heterocycles. The Bertz CT molecular complexity index is 683. The number of rotatable bonds is 1. The third-order valence-corrected chi connectivity index (χ3v) is 3.61. The largest absolute Gasteiger partial charge is 0.465 e. The zero-order chi connectivity index (χ0) is 11.1. The molecule has 0 amide bonds. The summed E-state index contributed by atoms with van der Waals surface area (Å²) in [5.41, 5.74) is 0.839. The molecule has 4 nitrogen and oxygen atoms in total. The Morgan fingerprint density at radius 1 is 1.56 bits per heavy atom. The van der Waals surface area contributed by atoms with E-state index in [1.165, 1.54) is 18.4 Å². The zero-order valence-corrected chi connectivity index (χ0v) is 9.30. The van der Waals surface area contributed by atoms with Gasteiger partial charge in [-0.2, -0.15) is 0 Å². The molecule has 0 saturated carbocycles. The quantitative estimate of drug-likeness (QED) is 0.656. The Hall–Kier alpha value is -1.88. The molecule has 0 fully saturated rings. The highest BCUT2D eigenvalue weighted by molar-refractivity contribution is 7.21. The van der Waals surface area contributed by atoms with Crippen molar-refractivity contribution in [2.45, 2.75) is 0 Å². The second-order valence-electron chi connectivity index (χ2n) is 3.38. The van der Waals surface area contributed by atoms with Gasteiger partial charge in [0.2, 0.25) is 0 Å². The number of carbonyl (C=O) groups excluding carboxylic acids is 1. The molecule has 3 rings (SSSR count). The van der Waals surface area contributed by atoms with Gasteiger partial charge in [-0.15, -0.1) is 11.3 Å². The lowest BCUT2D eigenvalue weighted by molar-refractivity contribution is 0.0606. The number of methoxy groups -OCH3 is 1. The molecule has 5 heteroatoms. The van der Waals surface area contributed by atoms with Crippen molar-refractivity contribution in [3.63, 3.8) is 0 Å². The number of hydrogen-bond donors (Lipinski definition) is 1. The van der Waals surface area contributed by atoms with Crippen molar-refractivity contribution in [1.29, 1.82) is 0 Å². The maximum absolute atomic E-state index is 11.4. The van der Waals surface area contributed by atoms with Crippen LogP contribution < -0.4 is 0 Å². The molecule has 80 valence electrons. The molecule has 0 aliphatic rings. The molecule has 3 heterocycles. The summed E-state index contributed by atoms with van der Waals surface area (Å²) in [5.74, 6) is -0.301. The maximum Gasteiger partial charge on any atom is 0.348 e. The van der Waals surface area contributed by atoms with Crippen LogP contribution in [-0.4, -0.2) is 23.0 Å². The summed E-state index contributed by atoms with van der Waals surface area (Å²) < 4.78 is 5.76. The van der Waals surface area contributed by atoms with Crippen molar-refractivity contribution in [3.8, 4) is 0 Å². The molecule has 1 N–H and O–H groups in total. The Kier molecular flexibility index (Phi) is 1.94. The number of nitrogens with one attached hydrogen (secondary N) is 1. The van der Waals surface area contributed by atoms with E-state index in [2.05, 4.69) is 9.97 Å². The first-order valence-electron chi connectivity index (χ1n) is 4.73. The van der Waals surface area contributed by atoms with Crippen LogP contribution in [-0.2, 0) is 4.74 Å². The number of thiophene rings is 1. The van der Waals surface area contributed by atoms with E-state index >= 15 is 0 Å². The normalized spacial score (nSPS) is 11.1. The minimum atomic E-state index is -0.301. The molecule has 0 aromatic carbocycles. The zero-order valence-electron chi connectivity index (χ0n) is 8.48. The molecule has 0 unspecified atom stereocenters. The predicted octanol–water partition coefficient (Wildman–Crippen LogP) is 2.56. The lowest BCUT2D eigenvalue weighted by Gasteiger charge is -1.91. The first-order chi connectivity index (χ1) is 7.79. The van der Waals surface area contributed by atoms with E-state index in [1.54, 1.807) is 6.20 Å². The van der Waals surface area contributed by atoms with Gasteiger partial charge in [-0.05, 0) is 12.1 Å². The highest BCUT2D eigenvalue weighted by atomic mass is 32.1. The Morgan fingerprint density at radius 3 is 3.25 bits per heavy atom. The molecular weight excluding hydrogens is 224 g/mol. The van der Waals surface area contributed by atoms with E-state index in [1.807, 2.05) is 18.3 Å². The number of pyridine rings is 1. The molecule has 3 aromatic rings. The molecule has 0 atom stereocenters. The van der Waals surface area contributed by atoms with Gasteiger partial charge in [0.25, 0.3) is 0 Å².